The van der Waals surface area contributed by atoms with Gasteiger partial charge in [0.1, 0.15) is 5.82 Å². The predicted molar refractivity (Wildman–Crippen MR) is 103 cm³/mol. The second kappa shape index (κ2) is 6.41. The minimum absolute atomic E-state index is 0.283. The molecule has 2 aromatic heterocycles. The third-order valence-corrected chi connectivity index (χ3v) is 8.26. The molecule has 0 aromatic carbocycles. The average molecular weight is 391 g/mol. The Morgan fingerprint density at radius 1 is 1.19 bits per heavy atom. The van der Waals surface area contributed by atoms with Crippen LogP contribution in [0.25, 0.3) is 5.65 Å². The van der Waals surface area contributed by atoms with Gasteiger partial charge in [-0.15, -0.1) is 15.3 Å². The van der Waals surface area contributed by atoms with E-state index in [4.69, 9.17) is 5.10 Å². The molecule has 1 aliphatic carbocycles. The molecular formula is C18H26N6O2S. The summed E-state index contributed by atoms with van der Waals surface area (Å²) < 4.78 is 25.2. The fourth-order valence-electron chi connectivity index (χ4n) is 4.38. The molecule has 146 valence electrons. The molecule has 0 radical (unpaired) electrons. The molecule has 5 rings (SSSR count). The lowest BCUT2D eigenvalue weighted by atomic mass is 9.85. The molecule has 1 atom stereocenters. The van der Waals surface area contributed by atoms with E-state index < -0.39 is 9.84 Å². The zero-order valence-corrected chi connectivity index (χ0v) is 16.5. The Morgan fingerprint density at radius 2 is 2.00 bits per heavy atom. The lowest BCUT2D eigenvalue weighted by molar-refractivity contribution is 0.181. The Morgan fingerprint density at radius 3 is 2.67 bits per heavy atom. The monoisotopic (exact) mass is 390 g/mol. The molecule has 8 nitrogen and oxygen atoms in total. The minimum Gasteiger partial charge on any atom is -0.352 e. The summed E-state index contributed by atoms with van der Waals surface area (Å²) in [5, 5.41) is 13.4. The van der Waals surface area contributed by atoms with Crippen LogP contribution in [0.15, 0.2) is 12.1 Å². The lowest BCUT2D eigenvalue weighted by Crippen LogP contribution is -2.59. The Labute approximate surface area is 159 Å². The van der Waals surface area contributed by atoms with E-state index in [-0.39, 0.29) is 5.92 Å². The molecule has 4 heterocycles. The maximum Gasteiger partial charge on any atom is 0.178 e. The van der Waals surface area contributed by atoms with Crippen molar-refractivity contribution in [2.45, 2.75) is 37.6 Å². The standard InChI is InChI=1S/C18H26N6O2S/c1-22(9-13-7-8-27(25,26)12-13)15-10-23(11-15)17-6-5-16-19-20-18(24(16)21-17)14-3-2-4-14/h5-6,13-15H,2-4,7-12H2,1H3. The Bertz CT molecular complexity index is 948. The third-order valence-electron chi connectivity index (χ3n) is 6.43. The Kier molecular flexibility index (Phi) is 4.12. The molecule has 2 aliphatic heterocycles. The first-order valence-corrected chi connectivity index (χ1v) is 11.7. The van der Waals surface area contributed by atoms with Crippen LogP contribution < -0.4 is 4.90 Å². The van der Waals surface area contributed by atoms with Crippen LogP contribution >= 0.6 is 0 Å². The summed E-state index contributed by atoms with van der Waals surface area (Å²) in [6, 6.07) is 4.48. The maximum atomic E-state index is 11.7. The van der Waals surface area contributed by atoms with Gasteiger partial charge in [-0.2, -0.15) is 4.52 Å². The highest BCUT2D eigenvalue weighted by Crippen LogP contribution is 2.35. The van der Waals surface area contributed by atoms with Crippen molar-refractivity contribution in [2.75, 3.05) is 43.1 Å². The summed E-state index contributed by atoms with van der Waals surface area (Å²) in [4.78, 5) is 4.59. The van der Waals surface area contributed by atoms with Gasteiger partial charge in [0.2, 0.25) is 0 Å². The van der Waals surface area contributed by atoms with Crippen LogP contribution in [0.5, 0.6) is 0 Å². The Hall–Kier alpha value is -1.74. The number of likely N-dealkylation sites (N-methyl/N-ethyl adjacent to an activating group) is 1. The van der Waals surface area contributed by atoms with E-state index >= 15 is 0 Å². The third kappa shape index (κ3) is 3.20. The minimum atomic E-state index is -2.79. The first-order chi connectivity index (χ1) is 13.0. The SMILES string of the molecule is CN(CC1CCS(=O)(=O)C1)C1CN(c2ccc3nnc(C4CCC4)n3n2)C1. The maximum absolute atomic E-state index is 11.7. The number of fused-ring (bicyclic) bond motifs is 1. The summed E-state index contributed by atoms with van der Waals surface area (Å²) in [5.41, 5.74) is 0.817. The zero-order valence-electron chi connectivity index (χ0n) is 15.7. The van der Waals surface area contributed by atoms with Crippen LogP contribution in [0.2, 0.25) is 0 Å². The smallest absolute Gasteiger partial charge is 0.178 e. The van der Waals surface area contributed by atoms with Gasteiger partial charge in [0, 0.05) is 31.6 Å². The molecule has 27 heavy (non-hydrogen) atoms. The van der Waals surface area contributed by atoms with E-state index in [1.54, 1.807) is 0 Å². The number of nitrogens with zero attached hydrogens (tertiary/aromatic N) is 6. The van der Waals surface area contributed by atoms with Crippen LogP contribution in [-0.2, 0) is 9.84 Å². The number of anilines is 1. The molecule has 3 aliphatic rings. The van der Waals surface area contributed by atoms with E-state index in [1.807, 2.05) is 16.6 Å². The average Bonchev–Trinajstić information content (AvgIpc) is 3.08. The molecule has 0 N–H and O–H groups in total. The fourth-order valence-corrected chi connectivity index (χ4v) is 6.23. The van der Waals surface area contributed by atoms with Crippen LogP contribution in [0, 0.1) is 5.92 Å². The molecule has 0 bridgehead atoms. The molecule has 1 saturated carbocycles. The van der Waals surface area contributed by atoms with Gasteiger partial charge in [-0.05, 0) is 44.4 Å². The van der Waals surface area contributed by atoms with Crippen LogP contribution in [-0.4, -0.2) is 77.4 Å². The van der Waals surface area contributed by atoms with Gasteiger partial charge in [0.25, 0.3) is 0 Å². The largest absolute Gasteiger partial charge is 0.352 e. The van der Waals surface area contributed by atoms with Crippen molar-refractivity contribution in [3.63, 3.8) is 0 Å². The van der Waals surface area contributed by atoms with Crippen LogP contribution in [0.1, 0.15) is 37.4 Å². The summed E-state index contributed by atoms with van der Waals surface area (Å²) in [7, 11) is -0.686. The lowest BCUT2D eigenvalue weighted by Gasteiger charge is -2.45. The van der Waals surface area contributed by atoms with Crippen molar-refractivity contribution in [1.82, 2.24) is 24.7 Å². The highest BCUT2D eigenvalue weighted by atomic mass is 32.2. The quantitative estimate of drug-likeness (QED) is 0.751. The van der Waals surface area contributed by atoms with Gasteiger partial charge in [0.05, 0.1) is 11.5 Å². The van der Waals surface area contributed by atoms with Gasteiger partial charge < -0.3 is 4.90 Å². The first-order valence-electron chi connectivity index (χ1n) is 9.86. The van der Waals surface area contributed by atoms with Gasteiger partial charge >= 0.3 is 0 Å². The molecular weight excluding hydrogens is 364 g/mol. The van der Waals surface area contributed by atoms with Crippen molar-refractivity contribution in [3.8, 4) is 0 Å². The van der Waals surface area contributed by atoms with Crippen molar-refractivity contribution in [3.05, 3.63) is 18.0 Å². The summed E-state index contributed by atoms with van der Waals surface area (Å²) >= 11 is 0. The van der Waals surface area contributed by atoms with Crippen molar-refractivity contribution < 1.29 is 8.42 Å². The molecule has 0 spiro atoms. The molecule has 0 amide bonds. The van der Waals surface area contributed by atoms with Gasteiger partial charge in [0.15, 0.2) is 21.3 Å². The second-order valence-electron chi connectivity index (χ2n) is 8.42. The number of hydrogen-bond acceptors (Lipinski definition) is 7. The van der Waals surface area contributed by atoms with Crippen molar-refractivity contribution >= 4 is 21.3 Å². The van der Waals surface area contributed by atoms with E-state index in [2.05, 4.69) is 27.0 Å². The van der Waals surface area contributed by atoms with Crippen LogP contribution in [0.4, 0.5) is 5.82 Å². The highest BCUT2D eigenvalue weighted by molar-refractivity contribution is 7.91. The van der Waals surface area contributed by atoms with Crippen molar-refractivity contribution in [2.24, 2.45) is 5.92 Å². The molecule has 9 heteroatoms. The van der Waals surface area contributed by atoms with E-state index in [1.165, 1.54) is 19.3 Å². The number of rotatable bonds is 5. The first kappa shape index (κ1) is 17.4. The zero-order chi connectivity index (χ0) is 18.6. The number of aromatic nitrogens is 4. The molecule has 2 aromatic rings. The summed E-state index contributed by atoms with van der Waals surface area (Å²) in [6.07, 6.45) is 4.43. The summed E-state index contributed by atoms with van der Waals surface area (Å²) in [5.74, 6) is 3.45. The van der Waals surface area contributed by atoms with E-state index in [9.17, 15) is 8.42 Å². The molecule has 3 fully saturated rings. The highest BCUT2D eigenvalue weighted by Gasteiger charge is 2.35. The van der Waals surface area contributed by atoms with E-state index in [0.29, 0.717) is 23.5 Å². The number of sulfone groups is 1. The van der Waals surface area contributed by atoms with Crippen LogP contribution in [0.3, 0.4) is 0 Å². The molecule has 2 saturated heterocycles. The predicted octanol–water partition coefficient (Wildman–Crippen LogP) is 0.947. The van der Waals surface area contributed by atoms with Gasteiger partial charge in [-0.3, -0.25) is 4.90 Å². The van der Waals surface area contributed by atoms with E-state index in [0.717, 1.165) is 43.3 Å². The topological polar surface area (TPSA) is 83.7 Å². The fraction of sp³-hybridized carbons (Fsp3) is 0.722. The van der Waals surface area contributed by atoms with Gasteiger partial charge in [-0.1, -0.05) is 6.42 Å². The number of hydrogen-bond donors (Lipinski definition) is 0. The second-order valence-corrected chi connectivity index (χ2v) is 10.6. The van der Waals surface area contributed by atoms with Crippen molar-refractivity contribution in [1.29, 1.82) is 0 Å². The van der Waals surface area contributed by atoms with Gasteiger partial charge in [-0.25, -0.2) is 8.42 Å². The Balaban J connectivity index is 1.22. The normalized spacial score (nSPS) is 25.9. The summed E-state index contributed by atoms with van der Waals surface area (Å²) in [6.45, 7) is 2.71. The molecule has 1 unspecified atom stereocenters.